The van der Waals surface area contributed by atoms with Crippen LogP contribution in [0, 0.1) is 0 Å². The van der Waals surface area contributed by atoms with Crippen LogP contribution in [0.2, 0.25) is 0 Å². The van der Waals surface area contributed by atoms with Crippen LogP contribution in [0.3, 0.4) is 0 Å². The topological polar surface area (TPSA) is 18.5 Å². The van der Waals surface area contributed by atoms with Crippen molar-refractivity contribution in [2.45, 2.75) is 6.61 Å². The molecule has 0 saturated carbocycles. The minimum Gasteiger partial charge on any atom is -0.493 e. The molecule has 0 aliphatic heterocycles. The van der Waals surface area contributed by atoms with Crippen molar-refractivity contribution in [3.8, 4) is 11.5 Å². The highest BCUT2D eigenvalue weighted by Crippen LogP contribution is 2.30. The van der Waals surface area contributed by atoms with Crippen LogP contribution in [-0.2, 0) is 6.61 Å². The van der Waals surface area contributed by atoms with E-state index in [2.05, 4.69) is 0 Å². The molecule has 0 atom stereocenters. The first-order valence-corrected chi connectivity index (χ1v) is 6.82. The number of benzene rings is 2. The Kier molecular flexibility index (Phi) is 5.33. The third kappa shape index (κ3) is 4.19. The van der Waals surface area contributed by atoms with Gasteiger partial charge in [0.15, 0.2) is 11.5 Å². The van der Waals surface area contributed by atoms with E-state index in [0.29, 0.717) is 18.1 Å². The first kappa shape index (κ1) is 14.8. The molecule has 2 aromatic rings. The molecule has 0 aliphatic rings. The highest BCUT2D eigenvalue weighted by molar-refractivity contribution is 6.57. The molecular weight excluding hydrogens is 295 g/mol. The molecule has 2 aromatic carbocycles. The van der Waals surface area contributed by atoms with Gasteiger partial charge in [0, 0.05) is 0 Å². The van der Waals surface area contributed by atoms with Crippen LogP contribution in [-0.4, -0.2) is 7.11 Å². The zero-order chi connectivity index (χ0) is 14.4. The zero-order valence-electron chi connectivity index (χ0n) is 11.0. The van der Waals surface area contributed by atoms with E-state index in [1.54, 1.807) is 13.2 Å². The van der Waals surface area contributed by atoms with Crippen molar-refractivity contribution in [2.75, 3.05) is 7.11 Å². The third-order valence-corrected chi connectivity index (χ3v) is 2.92. The van der Waals surface area contributed by atoms with Crippen molar-refractivity contribution in [3.05, 3.63) is 64.1 Å². The summed E-state index contributed by atoms with van der Waals surface area (Å²) in [5.41, 5.74) is 1.94. The quantitative estimate of drug-likeness (QED) is 0.769. The minimum atomic E-state index is 0.198. The van der Waals surface area contributed by atoms with Crippen LogP contribution >= 0.6 is 23.2 Å². The van der Waals surface area contributed by atoms with E-state index in [-0.39, 0.29) is 4.49 Å². The second-order valence-corrected chi connectivity index (χ2v) is 5.13. The summed E-state index contributed by atoms with van der Waals surface area (Å²) in [5.74, 6) is 1.32. The molecule has 0 unspecified atom stereocenters. The lowest BCUT2D eigenvalue weighted by atomic mass is 10.2. The number of ether oxygens (including phenoxy) is 2. The molecule has 0 aromatic heterocycles. The average Bonchev–Trinajstić information content (AvgIpc) is 2.46. The van der Waals surface area contributed by atoms with Crippen LogP contribution in [0.5, 0.6) is 11.5 Å². The summed E-state index contributed by atoms with van der Waals surface area (Å²) in [4.78, 5) is 0. The van der Waals surface area contributed by atoms with Gasteiger partial charge in [-0.1, -0.05) is 59.6 Å². The van der Waals surface area contributed by atoms with Crippen LogP contribution in [0.4, 0.5) is 0 Å². The van der Waals surface area contributed by atoms with E-state index in [9.17, 15) is 0 Å². The summed E-state index contributed by atoms with van der Waals surface area (Å²) >= 11 is 11.3. The molecule has 0 spiro atoms. The number of hydrogen-bond donors (Lipinski definition) is 0. The Bertz CT molecular complexity index is 591. The summed E-state index contributed by atoms with van der Waals surface area (Å²) in [5, 5.41) is 0. The molecule has 20 heavy (non-hydrogen) atoms. The molecule has 2 rings (SSSR count). The largest absolute Gasteiger partial charge is 0.493 e. The van der Waals surface area contributed by atoms with E-state index in [4.69, 9.17) is 32.7 Å². The van der Waals surface area contributed by atoms with E-state index >= 15 is 0 Å². The van der Waals surface area contributed by atoms with Gasteiger partial charge in [-0.25, -0.2) is 0 Å². The van der Waals surface area contributed by atoms with Crippen LogP contribution in [0.15, 0.2) is 53.0 Å². The fourth-order valence-electron chi connectivity index (χ4n) is 1.76. The molecule has 0 bridgehead atoms. The van der Waals surface area contributed by atoms with Gasteiger partial charge >= 0.3 is 0 Å². The van der Waals surface area contributed by atoms with Gasteiger partial charge in [0.25, 0.3) is 0 Å². The van der Waals surface area contributed by atoms with Crippen molar-refractivity contribution in [2.24, 2.45) is 0 Å². The van der Waals surface area contributed by atoms with E-state index in [0.717, 1.165) is 11.1 Å². The SMILES string of the molecule is COc1ccc(C=C(Cl)Cl)cc1OCc1ccccc1. The number of methoxy groups -OCH3 is 1. The molecule has 0 aliphatic carbocycles. The maximum absolute atomic E-state index is 5.80. The standard InChI is InChI=1S/C16H14Cl2O2/c1-19-14-8-7-13(10-16(17)18)9-15(14)20-11-12-5-3-2-4-6-12/h2-10H,11H2,1H3. The van der Waals surface area contributed by atoms with Gasteiger partial charge in [-0.15, -0.1) is 0 Å². The number of halogens is 2. The Morgan fingerprint density at radius 3 is 2.45 bits per heavy atom. The van der Waals surface area contributed by atoms with Gasteiger partial charge in [-0.05, 0) is 29.3 Å². The second-order valence-electron chi connectivity index (χ2n) is 4.12. The lowest BCUT2D eigenvalue weighted by Crippen LogP contribution is -1.97. The predicted molar refractivity (Wildman–Crippen MR) is 83.5 cm³/mol. The summed E-state index contributed by atoms with van der Waals surface area (Å²) in [7, 11) is 1.61. The van der Waals surface area contributed by atoms with Gasteiger partial charge in [-0.2, -0.15) is 0 Å². The number of rotatable bonds is 5. The lowest BCUT2D eigenvalue weighted by Gasteiger charge is -2.11. The first-order chi connectivity index (χ1) is 9.69. The zero-order valence-corrected chi connectivity index (χ0v) is 12.5. The van der Waals surface area contributed by atoms with E-state index in [1.165, 1.54) is 0 Å². The normalized spacial score (nSPS) is 9.95. The second kappa shape index (κ2) is 7.22. The van der Waals surface area contributed by atoms with E-state index < -0.39 is 0 Å². The maximum atomic E-state index is 5.80. The molecule has 0 amide bonds. The summed E-state index contributed by atoms with van der Waals surface area (Å²) in [6.45, 7) is 0.471. The predicted octanol–water partition coefficient (Wildman–Crippen LogP) is 5.05. The molecule has 0 radical (unpaired) electrons. The Morgan fingerprint density at radius 1 is 1.05 bits per heavy atom. The van der Waals surface area contributed by atoms with Crippen molar-refractivity contribution in [1.82, 2.24) is 0 Å². The van der Waals surface area contributed by atoms with Gasteiger partial charge in [0.1, 0.15) is 11.1 Å². The van der Waals surface area contributed by atoms with Gasteiger partial charge in [0.2, 0.25) is 0 Å². The fraction of sp³-hybridized carbons (Fsp3) is 0.125. The van der Waals surface area contributed by atoms with Crippen LogP contribution < -0.4 is 9.47 Å². The smallest absolute Gasteiger partial charge is 0.162 e. The van der Waals surface area contributed by atoms with Crippen molar-refractivity contribution < 1.29 is 9.47 Å². The Balaban J connectivity index is 2.18. The Morgan fingerprint density at radius 2 is 1.80 bits per heavy atom. The third-order valence-electron chi connectivity index (χ3n) is 2.70. The van der Waals surface area contributed by atoms with Gasteiger partial charge in [0.05, 0.1) is 7.11 Å². The Hall–Kier alpha value is -1.64. The highest BCUT2D eigenvalue weighted by atomic mass is 35.5. The molecular formula is C16H14Cl2O2. The number of hydrogen-bond acceptors (Lipinski definition) is 2. The van der Waals surface area contributed by atoms with Crippen LogP contribution in [0.25, 0.3) is 6.08 Å². The molecule has 4 heteroatoms. The van der Waals surface area contributed by atoms with E-state index in [1.807, 2.05) is 48.5 Å². The highest BCUT2D eigenvalue weighted by Gasteiger charge is 2.05. The molecule has 2 nitrogen and oxygen atoms in total. The average molecular weight is 309 g/mol. The van der Waals surface area contributed by atoms with Crippen LogP contribution in [0.1, 0.15) is 11.1 Å². The summed E-state index contributed by atoms with van der Waals surface area (Å²) in [6, 6.07) is 15.5. The summed E-state index contributed by atoms with van der Waals surface area (Å²) < 4.78 is 11.3. The summed E-state index contributed by atoms with van der Waals surface area (Å²) in [6.07, 6.45) is 1.65. The molecule has 0 heterocycles. The van der Waals surface area contributed by atoms with Crippen molar-refractivity contribution >= 4 is 29.3 Å². The molecule has 0 fully saturated rings. The maximum Gasteiger partial charge on any atom is 0.162 e. The van der Waals surface area contributed by atoms with Gasteiger partial charge < -0.3 is 9.47 Å². The monoisotopic (exact) mass is 308 g/mol. The lowest BCUT2D eigenvalue weighted by molar-refractivity contribution is 0.284. The minimum absolute atomic E-state index is 0.198. The van der Waals surface area contributed by atoms with Crippen molar-refractivity contribution in [1.29, 1.82) is 0 Å². The molecule has 104 valence electrons. The van der Waals surface area contributed by atoms with Crippen molar-refractivity contribution in [3.63, 3.8) is 0 Å². The molecule has 0 N–H and O–H groups in total. The van der Waals surface area contributed by atoms with Gasteiger partial charge in [-0.3, -0.25) is 0 Å². The molecule has 0 saturated heterocycles. The first-order valence-electron chi connectivity index (χ1n) is 6.06. The Labute approximate surface area is 128 Å². The fourth-order valence-corrected chi connectivity index (χ4v) is 2.01.